The lowest BCUT2D eigenvalue weighted by Gasteiger charge is -2.08. The molecule has 0 amide bonds. The van der Waals surface area contributed by atoms with Crippen molar-refractivity contribution in [2.45, 2.75) is 6.92 Å². The summed E-state index contributed by atoms with van der Waals surface area (Å²) in [7, 11) is 0. The van der Waals surface area contributed by atoms with Gasteiger partial charge in [0.1, 0.15) is 11.3 Å². The monoisotopic (exact) mass is 184 g/mol. The molecule has 13 heavy (non-hydrogen) atoms. The van der Waals surface area contributed by atoms with Crippen molar-refractivity contribution < 1.29 is 25.2 Å². The second-order valence-electron chi connectivity index (χ2n) is 2.55. The molecule has 0 unspecified atom stereocenters. The van der Waals surface area contributed by atoms with Gasteiger partial charge in [0.15, 0.2) is 17.8 Å². The highest BCUT2D eigenvalue weighted by Crippen LogP contribution is 2.45. The third-order valence-corrected chi connectivity index (χ3v) is 1.79. The maximum Gasteiger partial charge on any atom is 0.201 e. The lowest BCUT2D eigenvalue weighted by Crippen LogP contribution is -1.88. The molecule has 0 bridgehead atoms. The Kier molecular flexibility index (Phi) is 2.02. The van der Waals surface area contributed by atoms with Crippen LogP contribution in [0.5, 0.6) is 23.0 Å². The van der Waals surface area contributed by atoms with Crippen LogP contribution >= 0.6 is 0 Å². The van der Waals surface area contributed by atoms with Gasteiger partial charge in [-0.1, -0.05) is 0 Å². The average Bonchev–Trinajstić information content (AvgIpc) is 2.13. The molecule has 0 heterocycles. The number of aldehydes is 1. The van der Waals surface area contributed by atoms with E-state index in [1.807, 2.05) is 0 Å². The molecule has 70 valence electrons. The highest BCUT2D eigenvalue weighted by Gasteiger charge is 2.19. The first kappa shape index (κ1) is 9.18. The smallest absolute Gasteiger partial charge is 0.201 e. The maximum absolute atomic E-state index is 10.4. The number of hydrogen-bond acceptors (Lipinski definition) is 5. The van der Waals surface area contributed by atoms with Crippen molar-refractivity contribution in [2.75, 3.05) is 0 Å². The van der Waals surface area contributed by atoms with Gasteiger partial charge in [-0.25, -0.2) is 0 Å². The summed E-state index contributed by atoms with van der Waals surface area (Å²) in [6.07, 6.45) is 0.191. The molecule has 0 saturated carbocycles. The van der Waals surface area contributed by atoms with Crippen LogP contribution in [-0.4, -0.2) is 26.7 Å². The Morgan fingerprint density at radius 3 is 1.92 bits per heavy atom. The van der Waals surface area contributed by atoms with Gasteiger partial charge >= 0.3 is 0 Å². The number of phenolic OH excluding ortho intramolecular Hbond substituents is 4. The molecule has 4 N–H and O–H groups in total. The Bertz CT molecular complexity index is 340. The van der Waals surface area contributed by atoms with E-state index in [4.69, 9.17) is 15.3 Å². The lowest BCUT2D eigenvalue weighted by atomic mass is 10.1. The topological polar surface area (TPSA) is 98.0 Å². The second kappa shape index (κ2) is 2.85. The molecular formula is C8H8O5. The zero-order valence-electron chi connectivity index (χ0n) is 6.77. The summed E-state index contributed by atoms with van der Waals surface area (Å²) in [4.78, 5) is 10.4. The number of phenols is 4. The number of rotatable bonds is 1. The minimum atomic E-state index is -0.824. The fraction of sp³-hybridized carbons (Fsp3) is 0.125. The zero-order valence-corrected chi connectivity index (χ0v) is 6.77. The zero-order chi connectivity index (χ0) is 10.2. The quantitative estimate of drug-likeness (QED) is 0.291. The highest BCUT2D eigenvalue weighted by atomic mass is 16.3. The van der Waals surface area contributed by atoms with Gasteiger partial charge < -0.3 is 20.4 Å². The summed E-state index contributed by atoms with van der Waals surface area (Å²) in [6, 6.07) is 0. The summed E-state index contributed by atoms with van der Waals surface area (Å²) in [5.74, 6) is -2.81. The molecule has 0 aliphatic carbocycles. The molecule has 0 aliphatic heterocycles. The summed E-state index contributed by atoms with van der Waals surface area (Å²) in [5.41, 5.74) is -0.495. The summed E-state index contributed by atoms with van der Waals surface area (Å²) in [5, 5.41) is 36.5. The van der Waals surface area contributed by atoms with Gasteiger partial charge in [-0.05, 0) is 6.92 Å². The van der Waals surface area contributed by atoms with Crippen molar-refractivity contribution >= 4 is 6.29 Å². The molecule has 5 nitrogen and oxygen atoms in total. The molecule has 0 fully saturated rings. The highest BCUT2D eigenvalue weighted by molar-refractivity contribution is 5.87. The summed E-state index contributed by atoms with van der Waals surface area (Å²) in [6.45, 7) is 1.30. The molecule has 1 aromatic carbocycles. The molecule has 5 heteroatoms. The van der Waals surface area contributed by atoms with Gasteiger partial charge in [-0.2, -0.15) is 0 Å². The van der Waals surface area contributed by atoms with Gasteiger partial charge in [0.05, 0.1) is 0 Å². The molecule has 0 saturated heterocycles. The van der Waals surface area contributed by atoms with Gasteiger partial charge in [-0.15, -0.1) is 0 Å². The summed E-state index contributed by atoms with van der Waals surface area (Å²) >= 11 is 0. The minimum Gasteiger partial charge on any atom is -0.507 e. The van der Waals surface area contributed by atoms with E-state index in [1.165, 1.54) is 6.92 Å². The number of carbonyl (C=O) groups is 1. The number of hydrogen-bond donors (Lipinski definition) is 4. The predicted octanol–water partition coefficient (Wildman–Crippen LogP) is 0.630. The van der Waals surface area contributed by atoms with Crippen LogP contribution in [-0.2, 0) is 0 Å². The van der Waals surface area contributed by atoms with Crippen LogP contribution in [0.3, 0.4) is 0 Å². The van der Waals surface area contributed by atoms with E-state index in [2.05, 4.69) is 0 Å². The number of carbonyl (C=O) groups excluding carboxylic acids is 1. The molecule has 0 atom stereocenters. The fourth-order valence-corrected chi connectivity index (χ4v) is 0.955. The largest absolute Gasteiger partial charge is 0.507 e. The fourth-order valence-electron chi connectivity index (χ4n) is 0.955. The van der Waals surface area contributed by atoms with Crippen LogP contribution in [0, 0.1) is 6.92 Å². The second-order valence-corrected chi connectivity index (χ2v) is 2.55. The Balaban J connectivity index is 3.66. The number of benzene rings is 1. The average molecular weight is 184 g/mol. The summed E-state index contributed by atoms with van der Waals surface area (Å²) < 4.78 is 0. The first-order valence-corrected chi connectivity index (χ1v) is 3.42. The maximum atomic E-state index is 10.4. The molecule has 1 rings (SSSR count). The van der Waals surface area contributed by atoms with Crippen molar-refractivity contribution in [3.8, 4) is 23.0 Å². The molecule has 0 spiro atoms. The predicted molar refractivity (Wildman–Crippen MR) is 43.2 cm³/mol. The Hall–Kier alpha value is -1.91. The van der Waals surface area contributed by atoms with E-state index in [-0.39, 0.29) is 11.8 Å². The third-order valence-electron chi connectivity index (χ3n) is 1.79. The first-order valence-electron chi connectivity index (χ1n) is 3.42. The van der Waals surface area contributed by atoms with Gasteiger partial charge in [0.2, 0.25) is 5.75 Å². The van der Waals surface area contributed by atoms with E-state index in [0.717, 1.165) is 0 Å². The Labute approximate surface area is 73.5 Å². The molecule has 0 radical (unpaired) electrons. The van der Waals surface area contributed by atoms with E-state index in [0.29, 0.717) is 0 Å². The van der Waals surface area contributed by atoms with E-state index in [9.17, 15) is 9.90 Å². The number of aromatic hydroxyl groups is 4. The van der Waals surface area contributed by atoms with Crippen LogP contribution in [0.25, 0.3) is 0 Å². The van der Waals surface area contributed by atoms with Gasteiger partial charge in [-0.3, -0.25) is 4.79 Å². The molecule has 0 aromatic heterocycles. The Morgan fingerprint density at radius 2 is 1.46 bits per heavy atom. The van der Waals surface area contributed by atoms with Crippen LogP contribution in [0.2, 0.25) is 0 Å². The minimum absolute atomic E-state index is 0.0580. The van der Waals surface area contributed by atoms with Crippen molar-refractivity contribution in [2.24, 2.45) is 0 Å². The van der Waals surface area contributed by atoms with Crippen molar-refractivity contribution in [1.29, 1.82) is 0 Å². The molecule has 1 aromatic rings. The van der Waals surface area contributed by atoms with Crippen LogP contribution in [0.4, 0.5) is 0 Å². The van der Waals surface area contributed by atoms with E-state index in [1.54, 1.807) is 0 Å². The standard InChI is InChI=1S/C8H8O5/c1-3-5(10)4(2-9)7(12)8(13)6(3)11/h2,10-13H,1H3. The van der Waals surface area contributed by atoms with E-state index >= 15 is 0 Å². The lowest BCUT2D eigenvalue weighted by molar-refractivity contribution is 0.111. The Morgan fingerprint density at radius 1 is 0.923 bits per heavy atom. The third kappa shape index (κ3) is 1.14. The van der Waals surface area contributed by atoms with Crippen LogP contribution in [0.1, 0.15) is 15.9 Å². The SMILES string of the molecule is Cc1c(O)c(O)c(O)c(C=O)c1O. The molecule has 0 aliphatic rings. The van der Waals surface area contributed by atoms with Crippen molar-refractivity contribution in [3.63, 3.8) is 0 Å². The van der Waals surface area contributed by atoms with Crippen LogP contribution < -0.4 is 0 Å². The van der Waals surface area contributed by atoms with Crippen molar-refractivity contribution in [1.82, 2.24) is 0 Å². The van der Waals surface area contributed by atoms with Crippen molar-refractivity contribution in [3.05, 3.63) is 11.1 Å². The molecular weight excluding hydrogens is 176 g/mol. The first-order chi connectivity index (χ1) is 6.00. The van der Waals surface area contributed by atoms with Gasteiger partial charge in [0.25, 0.3) is 0 Å². The van der Waals surface area contributed by atoms with Gasteiger partial charge in [0, 0.05) is 5.56 Å². The van der Waals surface area contributed by atoms with Crippen LogP contribution in [0.15, 0.2) is 0 Å². The normalized spacial score (nSPS) is 9.92. The van der Waals surface area contributed by atoms with E-state index < -0.39 is 28.6 Å².